The third-order valence-electron chi connectivity index (χ3n) is 3.87. The summed E-state index contributed by atoms with van der Waals surface area (Å²) in [5, 5.41) is 11.8. The van der Waals surface area contributed by atoms with Crippen LogP contribution in [0.15, 0.2) is 39.3 Å². The Kier molecular flexibility index (Phi) is 5.10. The topological polar surface area (TPSA) is 81.4 Å². The minimum Gasteiger partial charge on any atom is -0.494 e. The van der Waals surface area contributed by atoms with E-state index in [2.05, 4.69) is 41.8 Å². The van der Waals surface area contributed by atoms with Crippen LogP contribution in [0.5, 0.6) is 5.75 Å². The maximum Gasteiger partial charge on any atom is 0.270 e. The molecule has 9 heteroatoms. The fourth-order valence-corrected chi connectivity index (χ4v) is 4.13. The van der Waals surface area contributed by atoms with Crippen molar-refractivity contribution in [3.63, 3.8) is 0 Å². The zero-order valence-corrected chi connectivity index (χ0v) is 17.3. The van der Waals surface area contributed by atoms with Crippen molar-refractivity contribution in [3.05, 3.63) is 55.2 Å². The molecule has 134 valence electrons. The highest BCUT2D eigenvalue weighted by molar-refractivity contribution is 9.11. The summed E-state index contributed by atoms with van der Waals surface area (Å²) in [6, 6.07) is 8.36. The Morgan fingerprint density at radius 1 is 1.15 bits per heavy atom. The molecule has 0 N–H and O–H groups in total. The third-order valence-corrected chi connectivity index (χ3v) is 5.05. The maximum absolute atomic E-state index is 11.1. The summed E-state index contributed by atoms with van der Waals surface area (Å²) in [7, 11) is 3.44. The molecule has 0 aliphatic carbocycles. The number of hydrogen-bond acceptors (Lipinski definition) is 6. The van der Waals surface area contributed by atoms with Crippen LogP contribution in [0.1, 0.15) is 5.82 Å². The number of rotatable bonds is 4. The molecule has 0 saturated carbocycles. The van der Waals surface area contributed by atoms with Gasteiger partial charge in [-0.25, -0.2) is 9.97 Å². The molecule has 7 nitrogen and oxygen atoms in total. The number of halogens is 2. The first-order chi connectivity index (χ1) is 12.3. The zero-order chi connectivity index (χ0) is 19.0. The SMILES string of the molecule is COc1c(Br)cc(N(C)c2nc(C)nc3ccc([N+](=O)[O-])cc23)cc1Br. The van der Waals surface area contributed by atoms with Crippen molar-refractivity contribution in [2.45, 2.75) is 6.92 Å². The predicted molar refractivity (Wildman–Crippen MR) is 107 cm³/mol. The van der Waals surface area contributed by atoms with Crippen LogP contribution in [0.3, 0.4) is 0 Å². The number of non-ortho nitro benzene ring substituents is 1. The van der Waals surface area contributed by atoms with Gasteiger partial charge >= 0.3 is 0 Å². The summed E-state index contributed by atoms with van der Waals surface area (Å²) >= 11 is 6.98. The Hall–Kier alpha value is -2.26. The molecule has 0 bridgehead atoms. The van der Waals surface area contributed by atoms with Gasteiger partial charge in [-0.05, 0) is 57.0 Å². The van der Waals surface area contributed by atoms with E-state index in [1.165, 1.54) is 12.1 Å². The van der Waals surface area contributed by atoms with E-state index in [0.29, 0.717) is 28.3 Å². The summed E-state index contributed by atoms with van der Waals surface area (Å²) in [5.41, 5.74) is 1.48. The summed E-state index contributed by atoms with van der Waals surface area (Å²) in [4.78, 5) is 21.5. The molecule has 0 saturated heterocycles. The molecule has 0 atom stereocenters. The van der Waals surface area contributed by atoms with Gasteiger partial charge in [-0.3, -0.25) is 10.1 Å². The van der Waals surface area contributed by atoms with Crippen LogP contribution < -0.4 is 9.64 Å². The number of anilines is 2. The van der Waals surface area contributed by atoms with Crippen molar-refractivity contribution in [1.82, 2.24) is 9.97 Å². The van der Waals surface area contributed by atoms with E-state index in [1.54, 1.807) is 20.1 Å². The highest BCUT2D eigenvalue weighted by Gasteiger charge is 2.17. The molecular formula is C17H14Br2N4O3. The second-order valence-electron chi connectivity index (χ2n) is 5.55. The molecule has 0 radical (unpaired) electrons. The first kappa shape index (κ1) is 18.5. The molecule has 3 rings (SSSR count). The van der Waals surface area contributed by atoms with Crippen LogP contribution in [-0.4, -0.2) is 29.0 Å². The van der Waals surface area contributed by atoms with Gasteiger partial charge in [0.2, 0.25) is 0 Å². The maximum atomic E-state index is 11.1. The molecule has 0 aliphatic heterocycles. The first-order valence-electron chi connectivity index (χ1n) is 7.51. The standard InChI is InChI=1S/C17H14Br2N4O3/c1-9-20-15-5-4-10(23(24)25)6-12(15)17(21-9)22(2)11-7-13(18)16(26-3)14(19)8-11/h4-8H,1-3H3. The monoisotopic (exact) mass is 480 g/mol. The molecule has 0 spiro atoms. The quantitative estimate of drug-likeness (QED) is 0.378. The number of nitro groups is 1. The van der Waals surface area contributed by atoms with Crippen molar-refractivity contribution < 1.29 is 9.66 Å². The van der Waals surface area contributed by atoms with Crippen molar-refractivity contribution in [2.24, 2.45) is 0 Å². The summed E-state index contributed by atoms with van der Waals surface area (Å²) in [6.45, 7) is 1.79. The number of aryl methyl sites for hydroxylation is 1. The average molecular weight is 482 g/mol. The highest BCUT2D eigenvalue weighted by atomic mass is 79.9. The number of ether oxygens (including phenoxy) is 1. The minimum absolute atomic E-state index is 0.00306. The Labute approximate surface area is 166 Å². The fourth-order valence-electron chi connectivity index (χ4n) is 2.64. The smallest absolute Gasteiger partial charge is 0.270 e. The van der Waals surface area contributed by atoms with E-state index < -0.39 is 4.92 Å². The molecule has 3 aromatic rings. The van der Waals surface area contributed by atoms with Gasteiger partial charge in [0.05, 0.1) is 31.9 Å². The third kappa shape index (κ3) is 3.36. The zero-order valence-electron chi connectivity index (χ0n) is 14.2. The molecule has 2 aromatic carbocycles. The van der Waals surface area contributed by atoms with Gasteiger partial charge in [-0.2, -0.15) is 0 Å². The van der Waals surface area contributed by atoms with Crippen LogP contribution in [0.2, 0.25) is 0 Å². The van der Waals surface area contributed by atoms with Crippen molar-refractivity contribution in [2.75, 3.05) is 19.1 Å². The Morgan fingerprint density at radius 3 is 2.38 bits per heavy atom. The summed E-state index contributed by atoms with van der Waals surface area (Å²) < 4.78 is 6.89. The van der Waals surface area contributed by atoms with E-state index in [0.717, 1.165) is 14.6 Å². The molecule has 26 heavy (non-hydrogen) atoms. The molecule has 0 amide bonds. The lowest BCUT2D eigenvalue weighted by molar-refractivity contribution is -0.384. The van der Waals surface area contributed by atoms with Gasteiger partial charge in [0.25, 0.3) is 5.69 Å². The van der Waals surface area contributed by atoms with Gasteiger partial charge in [0.1, 0.15) is 17.4 Å². The van der Waals surface area contributed by atoms with Crippen LogP contribution in [-0.2, 0) is 0 Å². The minimum atomic E-state index is -0.427. The number of benzene rings is 2. The lowest BCUT2D eigenvalue weighted by Crippen LogP contribution is -2.13. The number of nitro benzene ring substituents is 1. The van der Waals surface area contributed by atoms with Gasteiger partial charge in [0, 0.05) is 24.9 Å². The van der Waals surface area contributed by atoms with Gasteiger partial charge in [-0.15, -0.1) is 0 Å². The van der Waals surface area contributed by atoms with Gasteiger partial charge in [0.15, 0.2) is 0 Å². The highest BCUT2D eigenvalue weighted by Crippen LogP contribution is 2.39. The average Bonchev–Trinajstić information content (AvgIpc) is 2.59. The molecule has 0 aliphatic rings. The molecular weight excluding hydrogens is 468 g/mol. The van der Waals surface area contributed by atoms with E-state index in [-0.39, 0.29) is 5.69 Å². The molecule has 0 fully saturated rings. The number of aromatic nitrogens is 2. The Morgan fingerprint density at radius 2 is 1.81 bits per heavy atom. The Balaban J connectivity index is 2.20. The Bertz CT molecular complexity index is 1000. The van der Waals surface area contributed by atoms with Crippen molar-refractivity contribution in [1.29, 1.82) is 0 Å². The lowest BCUT2D eigenvalue weighted by Gasteiger charge is -2.22. The lowest BCUT2D eigenvalue weighted by atomic mass is 10.2. The van der Waals surface area contributed by atoms with E-state index in [9.17, 15) is 10.1 Å². The van der Waals surface area contributed by atoms with Crippen LogP contribution >= 0.6 is 31.9 Å². The number of nitrogens with zero attached hydrogens (tertiary/aromatic N) is 4. The predicted octanol–water partition coefficient (Wildman–Crippen LogP) is 5.15. The van der Waals surface area contributed by atoms with Gasteiger partial charge in [-0.1, -0.05) is 0 Å². The number of methoxy groups -OCH3 is 1. The summed E-state index contributed by atoms with van der Waals surface area (Å²) in [5.74, 6) is 1.85. The van der Waals surface area contributed by atoms with Crippen LogP contribution in [0.25, 0.3) is 10.9 Å². The van der Waals surface area contributed by atoms with Crippen LogP contribution in [0.4, 0.5) is 17.2 Å². The summed E-state index contributed by atoms with van der Waals surface area (Å²) in [6.07, 6.45) is 0. The number of fused-ring (bicyclic) bond motifs is 1. The second-order valence-corrected chi connectivity index (χ2v) is 7.26. The molecule has 1 aromatic heterocycles. The van der Waals surface area contributed by atoms with Gasteiger partial charge < -0.3 is 9.64 Å². The largest absolute Gasteiger partial charge is 0.494 e. The molecule has 1 heterocycles. The van der Waals surface area contributed by atoms with E-state index >= 15 is 0 Å². The van der Waals surface area contributed by atoms with Crippen molar-refractivity contribution in [3.8, 4) is 5.75 Å². The van der Waals surface area contributed by atoms with E-state index in [1.807, 2.05) is 24.1 Å². The van der Waals surface area contributed by atoms with E-state index in [4.69, 9.17) is 4.74 Å². The fraction of sp³-hybridized carbons (Fsp3) is 0.176. The second kappa shape index (κ2) is 7.16. The van der Waals surface area contributed by atoms with Crippen LogP contribution in [0, 0.1) is 17.0 Å². The van der Waals surface area contributed by atoms with Crippen molar-refractivity contribution >= 4 is 60.0 Å². The molecule has 0 unspecified atom stereocenters. The first-order valence-corrected chi connectivity index (χ1v) is 9.10. The number of hydrogen-bond donors (Lipinski definition) is 0. The normalized spacial score (nSPS) is 10.8.